The van der Waals surface area contributed by atoms with Crippen molar-refractivity contribution in [2.24, 2.45) is 0 Å². The second-order valence-electron chi connectivity index (χ2n) is 4.03. The molecular formula is C13H13Cl2NO3S. The highest BCUT2D eigenvalue weighted by Gasteiger charge is 2.15. The molecule has 20 heavy (non-hydrogen) atoms. The van der Waals surface area contributed by atoms with Gasteiger partial charge < -0.3 is 5.32 Å². The molecule has 0 atom stereocenters. The third-order valence-electron chi connectivity index (χ3n) is 2.45. The summed E-state index contributed by atoms with van der Waals surface area (Å²) in [6, 6.07) is 3.75. The van der Waals surface area contributed by atoms with Gasteiger partial charge in [0.25, 0.3) is 15.0 Å². The van der Waals surface area contributed by atoms with Gasteiger partial charge in [-0.1, -0.05) is 11.6 Å². The molecule has 4 nitrogen and oxygen atoms in total. The van der Waals surface area contributed by atoms with Crippen molar-refractivity contribution in [1.82, 2.24) is 5.32 Å². The standard InChI is InChI=1S/C13H13Cl2NO3S/c1-2-3-4-5-6-16-13(17)10-7-11(14)9-12(8-10)20(15,18)19/h1,7-9H,3-6H2,(H,16,17). The second kappa shape index (κ2) is 7.53. The summed E-state index contributed by atoms with van der Waals surface area (Å²) in [5, 5.41) is 2.79. The summed E-state index contributed by atoms with van der Waals surface area (Å²) in [6.45, 7) is 0.454. The highest BCUT2D eigenvalue weighted by atomic mass is 35.7. The Balaban J connectivity index is 2.74. The lowest BCUT2D eigenvalue weighted by Crippen LogP contribution is -2.24. The monoisotopic (exact) mass is 333 g/mol. The number of terminal acetylenes is 1. The fourth-order valence-corrected chi connectivity index (χ4v) is 2.59. The molecule has 0 aromatic heterocycles. The lowest BCUT2D eigenvalue weighted by atomic mass is 10.2. The van der Waals surface area contributed by atoms with E-state index in [4.69, 9.17) is 28.7 Å². The maximum Gasteiger partial charge on any atom is 0.261 e. The molecule has 0 aliphatic rings. The van der Waals surface area contributed by atoms with E-state index in [-0.39, 0.29) is 15.5 Å². The Labute approximate surface area is 127 Å². The Morgan fingerprint density at radius 1 is 1.30 bits per heavy atom. The fourth-order valence-electron chi connectivity index (χ4n) is 1.49. The van der Waals surface area contributed by atoms with Gasteiger partial charge in [0.1, 0.15) is 0 Å². The summed E-state index contributed by atoms with van der Waals surface area (Å²) < 4.78 is 22.5. The van der Waals surface area contributed by atoms with Crippen LogP contribution in [0.2, 0.25) is 5.02 Å². The van der Waals surface area contributed by atoms with Gasteiger partial charge in [-0.3, -0.25) is 4.79 Å². The van der Waals surface area contributed by atoms with Crippen LogP contribution in [0.3, 0.4) is 0 Å². The first kappa shape index (κ1) is 16.8. The van der Waals surface area contributed by atoms with E-state index in [1.165, 1.54) is 18.2 Å². The lowest BCUT2D eigenvalue weighted by Gasteiger charge is -2.06. The molecule has 108 valence electrons. The molecule has 0 heterocycles. The lowest BCUT2D eigenvalue weighted by molar-refractivity contribution is 0.0953. The van der Waals surface area contributed by atoms with Crippen LogP contribution < -0.4 is 5.32 Å². The Kier molecular flexibility index (Phi) is 6.34. The highest BCUT2D eigenvalue weighted by molar-refractivity contribution is 8.13. The maximum atomic E-state index is 11.9. The van der Waals surface area contributed by atoms with Crippen molar-refractivity contribution in [2.75, 3.05) is 6.54 Å². The molecule has 0 radical (unpaired) electrons. The number of carbonyl (C=O) groups excluding carboxylic acids is 1. The molecule has 0 saturated carbocycles. The molecule has 0 bridgehead atoms. The first-order valence-corrected chi connectivity index (χ1v) is 8.50. The van der Waals surface area contributed by atoms with Gasteiger partial charge in [-0.2, -0.15) is 0 Å². The minimum Gasteiger partial charge on any atom is -0.352 e. The number of hydrogen-bond donors (Lipinski definition) is 1. The first-order chi connectivity index (χ1) is 9.34. The zero-order valence-corrected chi connectivity index (χ0v) is 12.9. The van der Waals surface area contributed by atoms with Crippen LogP contribution in [0.4, 0.5) is 0 Å². The van der Waals surface area contributed by atoms with Gasteiger partial charge in [0.15, 0.2) is 0 Å². The quantitative estimate of drug-likeness (QED) is 0.494. The second-order valence-corrected chi connectivity index (χ2v) is 7.03. The van der Waals surface area contributed by atoms with Crippen molar-refractivity contribution >= 4 is 37.2 Å². The molecule has 0 aliphatic heterocycles. The SMILES string of the molecule is C#CCCCCNC(=O)c1cc(Cl)cc(S(=O)(=O)Cl)c1. The predicted molar refractivity (Wildman–Crippen MR) is 79.5 cm³/mol. The van der Waals surface area contributed by atoms with Gasteiger partial charge >= 0.3 is 0 Å². The van der Waals surface area contributed by atoms with Gasteiger partial charge in [-0.05, 0) is 31.0 Å². The molecule has 0 aliphatic carbocycles. The van der Waals surface area contributed by atoms with Crippen LogP contribution in [0, 0.1) is 12.3 Å². The molecule has 1 amide bonds. The molecule has 1 rings (SSSR count). The van der Waals surface area contributed by atoms with Crippen molar-refractivity contribution in [2.45, 2.75) is 24.2 Å². The summed E-state index contributed by atoms with van der Waals surface area (Å²) in [7, 11) is 1.30. The minimum atomic E-state index is -3.93. The van der Waals surface area contributed by atoms with Crippen molar-refractivity contribution in [1.29, 1.82) is 0 Å². The Morgan fingerprint density at radius 3 is 2.60 bits per heavy atom. The topological polar surface area (TPSA) is 63.2 Å². The first-order valence-electron chi connectivity index (χ1n) is 5.81. The maximum absolute atomic E-state index is 11.9. The molecule has 7 heteroatoms. The number of benzene rings is 1. The number of hydrogen-bond acceptors (Lipinski definition) is 3. The minimum absolute atomic E-state index is 0.129. The molecule has 0 fully saturated rings. The zero-order chi connectivity index (χ0) is 15.2. The van der Waals surface area contributed by atoms with Crippen LogP contribution in [0.15, 0.2) is 23.1 Å². The predicted octanol–water partition coefficient (Wildman–Crippen LogP) is 2.80. The van der Waals surface area contributed by atoms with E-state index in [0.29, 0.717) is 13.0 Å². The van der Waals surface area contributed by atoms with E-state index in [9.17, 15) is 13.2 Å². The summed E-state index contributed by atoms with van der Waals surface area (Å²) >= 11 is 5.78. The molecule has 0 unspecified atom stereocenters. The van der Waals surface area contributed by atoms with E-state index in [1.807, 2.05) is 0 Å². The van der Waals surface area contributed by atoms with E-state index in [2.05, 4.69) is 11.2 Å². The average Bonchev–Trinajstić information content (AvgIpc) is 2.36. The number of carbonyl (C=O) groups is 1. The molecule has 1 N–H and O–H groups in total. The number of rotatable bonds is 6. The van der Waals surface area contributed by atoms with Gasteiger partial charge in [-0.15, -0.1) is 12.3 Å². The number of amides is 1. The molecule has 0 spiro atoms. The number of nitrogens with one attached hydrogen (secondary N) is 1. The van der Waals surface area contributed by atoms with E-state index in [1.54, 1.807) is 0 Å². The third-order valence-corrected chi connectivity index (χ3v) is 4.00. The van der Waals surface area contributed by atoms with Gasteiger partial charge in [0.05, 0.1) is 4.90 Å². The summed E-state index contributed by atoms with van der Waals surface area (Å²) in [6.07, 6.45) is 7.33. The molecule has 0 saturated heterocycles. The van der Waals surface area contributed by atoms with Crippen LogP contribution >= 0.6 is 22.3 Å². The van der Waals surface area contributed by atoms with Crippen LogP contribution in [0.1, 0.15) is 29.6 Å². The Hall–Kier alpha value is -1.22. The Morgan fingerprint density at radius 2 is 2.00 bits per heavy atom. The van der Waals surface area contributed by atoms with Crippen molar-refractivity contribution < 1.29 is 13.2 Å². The van der Waals surface area contributed by atoms with E-state index < -0.39 is 15.0 Å². The highest BCUT2D eigenvalue weighted by Crippen LogP contribution is 2.22. The van der Waals surface area contributed by atoms with E-state index >= 15 is 0 Å². The van der Waals surface area contributed by atoms with Gasteiger partial charge in [0.2, 0.25) is 0 Å². The molecule has 1 aromatic rings. The summed E-state index contributed by atoms with van der Waals surface area (Å²) in [5.41, 5.74) is 0.147. The largest absolute Gasteiger partial charge is 0.352 e. The van der Waals surface area contributed by atoms with Crippen molar-refractivity contribution in [3.05, 3.63) is 28.8 Å². The summed E-state index contributed by atoms with van der Waals surface area (Å²) in [5.74, 6) is 2.10. The smallest absolute Gasteiger partial charge is 0.261 e. The van der Waals surface area contributed by atoms with Crippen LogP contribution in [-0.2, 0) is 9.05 Å². The molecule has 1 aromatic carbocycles. The van der Waals surface area contributed by atoms with Crippen molar-refractivity contribution in [3.63, 3.8) is 0 Å². The Bertz CT molecular complexity index is 636. The molecular weight excluding hydrogens is 321 g/mol. The normalized spacial score (nSPS) is 10.8. The van der Waals surface area contributed by atoms with Crippen molar-refractivity contribution in [3.8, 4) is 12.3 Å². The summed E-state index contributed by atoms with van der Waals surface area (Å²) in [4.78, 5) is 11.7. The number of unbranched alkanes of at least 4 members (excludes halogenated alkanes) is 2. The third kappa shape index (κ3) is 5.41. The number of halogens is 2. The van der Waals surface area contributed by atoms with Crippen LogP contribution in [-0.4, -0.2) is 20.9 Å². The van der Waals surface area contributed by atoms with E-state index in [0.717, 1.165) is 12.8 Å². The van der Waals surface area contributed by atoms with Gasteiger partial charge in [-0.25, -0.2) is 8.42 Å². The van der Waals surface area contributed by atoms with Gasteiger partial charge in [0, 0.05) is 34.2 Å². The van der Waals surface area contributed by atoms with Crippen LogP contribution in [0.25, 0.3) is 0 Å². The van der Waals surface area contributed by atoms with Crippen LogP contribution in [0.5, 0.6) is 0 Å². The zero-order valence-electron chi connectivity index (χ0n) is 10.5. The average molecular weight is 334 g/mol. The fraction of sp³-hybridized carbons (Fsp3) is 0.308.